The smallest absolute Gasteiger partial charge is 0.260 e. The fourth-order valence-corrected chi connectivity index (χ4v) is 5.28. The van der Waals surface area contributed by atoms with Gasteiger partial charge in [-0.2, -0.15) is 0 Å². The minimum Gasteiger partial charge on any atom is -0.370 e. The number of nitrogens with two attached hydrogens (primary N) is 1. The maximum absolute atomic E-state index is 13.8. The third-order valence-electron chi connectivity index (χ3n) is 7.02. The van der Waals surface area contributed by atoms with E-state index in [1.165, 1.54) is 0 Å². The molecule has 0 saturated carbocycles. The topological polar surface area (TPSA) is 68.3 Å². The summed E-state index contributed by atoms with van der Waals surface area (Å²) >= 11 is 6.74. The second-order valence-corrected chi connectivity index (χ2v) is 9.55. The summed E-state index contributed by atoms with van der Waals surface area (Å²) in [5.74, 6) is -0.576. The van der Waals surface area contributed by atoms with E-state index in [-0.39, 0.29) is 24.2 Å². The number of nitrogens with zero attached hydrogens (tertiary/aromatic N) is 2. The molecule has 3 aromatic rings. The van der Waals surface area contributed by atoms with Gasteiger partial charge in [-0.3, -0.25) is 9.59 Å². The molecular formula is C28H26ClN3O2. The van der Waals surface area contributed by atoms with E-state index < -0.39 is 5.41 Å². The largest absolute Gasteiger partial charge is 0.370 e. The summed E-state index contributed by atoms with van der Waals surface area (Å²) in [6.45, 7) is 3.24. The van der Waals surface area contributed by atoms with Crippen LogP contribution in [0.5, 0.6) is 0 Å². The van der Waals surface area contributed by atoms with Crippen LogP contribution in [0, 0.1) is 5.92 Å². The van der Waals surface area contributed by atoms with Gasteiger partial charge < -0.3 is 15.2 Å². The van der Waals surface area contributed by atoms with Crippen molar-refractivity contribution in [1.29, 1.82) is 0 Å². The lowest BCUT2D eigenvalue weighted by Gasteiger charge is -2.35. The summed E-state index contributed by atoms with van der Waals surface area (Å²) < 4.78 is 2.17. The van der Waals surface area contributed by atoms with Gasteiger partial charge in [-0.1, -0.05) is 67.1 Å². The van der Waals surface area contributed by atoms with Crippen LogP contribution in [-0.4, -0.2) is 16.4 Å². The van der Waals surface area contributed by atoms with E-state index in [4.69, 9.17) is 17.3 Å². The van der Waals surface area contributed by atoms with Gasteiger partial charge in [-0.05, 0) is 47.4 Å². The van der Waals surface area contributed by atoms with Crippen molar-refractivity contribution >= 4 is 29.1 Å². The van der Waals surface area contributed by atoms with Crippen molar-refractivity contribution in [1.82, 2.24) is 4.57 Å². The molecule has 5 nitrogen and oxygen atoms in total. The first-order chi connectivity index (χ1) is 16.4. The highest BCUT2D eigenvalue weighted by Crippen LogP contribution is 2.40. The predicted octanol–water partition coefficient (Wildman–Crippen LogP) is 5.23. The van der Waals surface area contributed by atoms with Crippen LogP contribution >= 0.6 is 11.6 Å². The van der Waals surface area contributed by atoms with E-state index in [0.717, 1.165) is 22.5 Å². The number of hydrogen-bond donors (Lipinski definition) is 1. The van der Waals surface area contributed by atoms with Crippen molar-refractivity contribution in [3.05, 3.63) is 113 Å². The van der Waals surface area contributed by atoms with Crippen LogP contribution in [0.3, 0.4) is 0 Å². The number of aromatic nitrogens is 1. The van der Waals surface area contributed by atoms with Crippen LogP contribution in [0.1, 0.15) is 40.5 Å². The molecule has 2 aliphatic rings. The standard InChI is InChI=1S/C28H26ClN3O2/c1-28(13-5-4-8-20(28)16-26(30)33)21-11-12-23(24(29)15-21)27(34)32-18-22-9-6-14-31(22)17-19-7-2-3-10-25(19)32/h2-15,20H,16-18H2,1H3,(H2,30,33). The van der Waals surface area contributed by atoms with Crippen LogP contribution in [0.25, 0.3) is 0 Å². The van der Waals surface area contributed by atoms with Gasteiger partial charge in [0.25, 0.3) is 5.91 Å². The molecule has 1 aliphatic carbocycles. The second kappa shape index (κ2) is 8.65. The van der Waals surface area contributed by atoms with E-state index >= 15 is 0 Å². The first-order valence-electron chi connectivity index (χ1n) is 11.3. The Balaban J connectivity index is 1.51. The summed E-state index contributed by atoms with van der Waals surface area (Å²) in [6, 6.07) is 17.6. The number of amides is 2. The van der Waals surface area contributed by atoms with Crippen LogP contribution < -0.4 is 10.6 Å². The first-order valence-corrected chi connectivity index (χ1v) is 11.7. The molecule has 2 unspecified atom stereocenters. The SMILES string of the molecule is CC1(c2ccc(C(=O)N3Cc4cccn4Cc4ccccc43)c(Cl)c2)C=CC=CC1CC(N)=O. The summed E-state index contributed by atoms with van der Waals surface area (Å²) in [7, 11) is 0. The van der Waals surface area contributed by atoms with Crippen molar-refractivity contribution in [3.8, 4) is 0 Å². The Hall–Kier alpha value is -3.57. The van der Waals surface area contributed by atoms with E-state index in [1.54, 1.807) is 11.0 Å². The van der Waals surface area contributed by atoms with E-state index in [0.29, 0.717) is 23.7 Å². The van der Waals surface area contributed by atoms with Crippen molar-refractivity contribution < 1.29 is 9.59 Å². The number of carbonyl (C=O) groups is 2. The van der Waals surface area contributed by atoms with Gasteiger partial charge in [0.2, 0.25) is 5.91 Å². The molecule has 5 rings (SSSR count). The molecule has 2 heterocycles. The van der Waals surface area contributed by atoms with Gasteiger partial charge in [0.15, 0.2) is 0 Å². The quantitative estimate of drug-likeness (QED) is 0.566. The number of fused-ring (bicyclic) bond motifs is 2. The molecule has 2 amide bonds. The summed E-state index contributed by atoms with van der Waals surface area (Å²) in [5, 5.41) is 0.390. The summed E-state index contributed by atoms with van der Waals surface area (Å²) in [6.07, 6.45) is 10.2. The highest BCUT2D eigenvalue weighted by molar-refractivity contribution is 6.34. The van der Waals surface area contributed by atoms with Crippen molar-refractivity contribution in [3.63, 3.8) is 0 Å². The Labute approximate surface area is 204 Å². The number of halogens is 1. The van der Waals surface area contributed by atoms with Crippen LogP contribution in [0.4, 0.5) is 5.69 Å². The average Bonchev–Trinajstić information content (AvgIpc) is 3.19. The van der Waals surface area contributed by atoms with Crippen molar-refractivity contribution in [2.24, 2.45) is 11.7 Å². The van der Waals surface area contributed by atoms with Gasteiger partial charge in [0, 0.05) is 36.0 Å². The zero-order valence-electron chi connectivity index (χ0n) is 18.9. The number of anilines is 1. The molecule has 6 heteroatoms. The van der Waals surface area contributed by atoms with Crippen molar-refractivity contribution in [2.75, 3.05) is 4.90 Å². The number of hydrogen-bond acceptors (Lipinski definition) is 2. The number of allylic oxidation sites excluding steroid dienone is 4. The summed E-state index contributed by atoms with van der Waals surface area (Å²) in [4.78, 5) is 27.2. The molecular weight excluding hydrogens is 446 g/mol. The average molecular weight is 472 g/mol. The minimum atomic E-state index is -0.453. The van der Waals surface area contributed by atoms with E-state index in [9.17, 15) is 9.59 Å². The molecule has 0 saturated heterocycles. The number of para-hydroxylation sites is 1. The Bertz CT molecular complexity index is 1340. The molecule has 172 valence electrons. The molecule has 1 aliphatic heterocycles. The lowest BCUT2D eigenvalue weighted by Crippen LogP contribution is -2.34. The number of carbonyl (C=O) groups excluding carboxylic acids is 2. The maximum Gasteiger partial charge on any atom is 0.260 e. The summed E-state index contributed by atoms with van der Waals surface area (Å²) in [5.41, 5.74) is 9.48. The number of benzene rings is 2. The van der Waals surface area contributed by atoms with Gasteiger partial charge in [-0.25, -0.2) is 0 Å². The minimum absolute atomic E-state index is 0.0853. The molecule has 34 heavy (non-hydrogen) atoms. The Morgan fingerprint density at radius 3 is 2.71 bits per heavy atom. The fraction of sp³-hybridized carbons (Fsp3) is 0.214. The molecule has 0 radical (unpaired) electrons. The number of primary amides is 1. The third-order valence-corrected chi connectivity index (χ3v) is 7.33. The van der Waals surface area contributed by atoms with E-state index in [2.05, 4.69) is 23.6 Å². The highest BCUT2D eigenvalue weighted by Gasteiger charge is 2.35. The molecule has 0 spiro atoms. The Morgan fingerprint density at radius 1 is 1.09 bits per heavy atom. The predicted molar refractivity (Wildman–Crippen MR) is 135 cm³/mol. The number of rotatable bonds is 4. The van der Waals surface area contributed by atoms with Gasteiger partial charge in [0.05, 0.1) is 17.1 Å². The van der Waals surface area contributed by atoms with Gasteiger partial charge in [0.1, 0.15) is 0 Å². The van der Waals surface area contributed by atoms with Crippen LogP contribution in [0.15, 0.2) is 85.1 Å². The third kappa shape index (κ3) is 3.86. The lowest BCUT2D eigenvalue weighted by atomic mass is 9.68. The van der Waals surface area contributed by atoms with Gasteiger partial charge >= 0.3 is 0 Å². The van der Waals surface area contributed by atoms with E-state index in [1.807, 2.05) is 66.9 Å². The maximum atomic E-state index is 13.8. The first kappa shape index (κ1) is 22.2. The molecule has 0 bridgehead atoms. The molecule has 1 aromatic heterocycles. The molecule has 2 N–H and O–H groups in total. The molecule has 0 fully saturated rings. The zero-order valence-corrected chi connectivity index (χ0v) is 19.7. The van der Waals surface area contributed by atoms with Crippen LogP contribution in [0.2, 0.25) is 5.02 Å². The Morgan fingerprint density at radius 2 is 1.91 bits per heavy atom. The second-order valence-electron chi connectivity index (χ2n) is 9.15. The fourth-order valence-electron chi connectivity index (χ4n) is 5.02. The van der Waals surface area contributed by atoms with Crippen LogP contribution in [-0.2, 0) is 23.3 Å². The lowest BCUT2D eigenvalue weighted by molar-refractivity contribution is -0.118. The van der Waals surface area contributed by atoms with Crippen molar-refractivity contribution in [2.45, 2.75) is 31.8 Å². The molecule has 2 atom stereocenters. The Kier molecular flexibility index (Phi) is 5.66. The molecule has 2 aromatic carbocycles. The highest BCUT2D eigenvalue weighted by atomic mass is 35.5. The van der Waals surface area contributed by atoms with Gasteiger partial charge in [-0.15, -0.1) is 0 Å². The zero-order chi connectivity index (χ0) is 23.9. The monoisotopic (exact) mass is 471 g/mol. The normalized spacial score (nSPS) is 21.0.